The Balaban J connectivity index is 1.67. The molecule has 0 saturated carbocycles. The van der Waals surface area contributed by atoms with Crippen LogP contribution in [-0.4, -0.2) is 41.6 Å². The van der Waals surface area contributed by atoms with E-state index in [1.807, 2.05) is 18.2 Å². The van der Waals surface area contributed by atoms with Gasteiger partial charge in [0.15, 0.2) is 0 Å². The molecule has 2 aliphatic heterocycles. The van der Waals surface area contributed by atoms with Crippen molar-refractivity contribution in [2.45, 2.75) is 77.9 Å². The first kappa shape index (κ1) is 23.8. The Labute approximate surface area is 199 Å². The van der Waals surface area contributed by atoms with Gasteiger partial charge in [-0.25, -0.2) is 0 Å². The van der Waals surface area contributed by atoms with Crippen LogP contribution in [0.2, 0.25) is 0 Å². The van der Waals surface area contributed by atoms with Crippen molar-refractivity contribution >= 4 is 11.4 Å². The van der Waals surface area contributed by atoms with Crippen molar-refractivity contribution in [2.75, 3.05) is 18.7 Å². The van der Waals surface area contributed by atoms with Crippen molar-refractivity contribution < 1.29 is 9.57 Å². The number of hydrazone groups is 1. The number of rotatable bonds is 6. The van der Waals surface area contributed by atoms with E-state index < -0.39 is 0 Å². The van der Waals surface area contributed by atoms with Crippen molar-refractivity contribution in [1.29, 1.82) is 0 Å². The minimum atomic E-state index is -0.203. The average molecular weight is 450 g/mol. The molecule has 1 saturated heterocycles. The lowest BCUT2D eigenvalue weighted by molar-refractivity contribution is -0.284. The summed E-state index contributed by atoms with van der Waals surface area (Å²) in [6.07, 6.45) is 3.50. The monoisotopic (exact) mass is 449 g/mol. The zero-order chi connectivity index (χ0) is 23.9. The number of benzene rings is 2. The van der Waals surface area contributed by atoms with Crippen molar-refractivity contribution in [3.8, 4) is 5.75 Å². The maximum atomic E-state index is 6.71. The molecule has 4 rings (SSSR count). The molecule has 0 N–H and O–H groups in total. The maximum absolute atomic E-state index is 6.71. The van der Waals surface area contributed by atoms with Gasteiger partial charge >= 0.3 is 0 Å². The Morgan fingerprint density at radius 3 is 2.06 bits per heavy atom. The van der Waals surface area contributed by atoms with Crippen LogP contribution in [0.3, 0.4) is 0 Å². The Morgan fingerprint density at radius 1 is 0.879 bits per heavy atom. The summed E-state index contributed by atoms with van der Waals surface area (Å²) in [4.78, 5) is 6.71. The molecule has 0 spiro atoms. The second kappa shape index (κ2) is 8.77. The Morgan fingerprint density at radius 2 is 1.48 bits per heavy atom. The molecule has 2 aliphatic rings. The number of nitrogens with zero attached hydrogens (tertiary/aromatic N) is 3. The van der Waals surface area contributed by atoms with Gasteiger partial charge in [0.25, 0.3) is 0 Å². The van der Waals surface area contributed by atoms with Gasteiger partial charge in [0.1, 0.15) is 5.75 Å². The van der Waals surface area contributed by atoms with E-state index in [0.717, 1.165) is 35.6 Å². The van der Waals surface area contributed by atoms with Crippen molar-refractivity contribution in [1.82, 2.24) is 5.06 Å². The lowest BCUT2D eigenvalue weighted by Crippen LogP contribution is -2.59. The quantitative estimate of drug-likeness (QED) is 0.519. The fourth-order valence-electron chi connectivity index (χ4n) is 5.52. The van der Waals surface area contributed by atoms with E-state index in [-0.39, 0.29) is 22.5 Å². The first-order valence-corrected chi connectivity index (χ1v) is 12.1. The molecule has 1 fully saturated rings. The number of methoxy groups -OCH3 is 1. The highest BCUT2D eigenvalue weighted by molar-refractivity contribution is 6.07. The molecule has 1 unspecified atom stereocenters. The highest BCUT2D eigenvalue weighted by Crippen LogP contribution is 2.42. The van der Waals surface area contributed by atoms with Crippen LogP contribution in [0.4, 0.5) is 5.69 Å². The zero-order valence-corrected chi connectivity index (χ0v) is 21.3. The predicted molar refractivity (Wildman–Crippen MR) is 136 cm³/mol. The lowest BCUT2D eigenvalue weighted by Gasteiger charge is -2.52. The van der Waals surface area contributed by atoms with E-state index in [9.17, 15) is 0 Å². The van der Waals surface area contributed by atoms with Gasteiger partial charge in [-0.05, 0) is 76.8 Å². The number of hydrogen-bond acceptors (Lipinski definition) is 5. The summed E-state index contributed by atoms with van der Waals surface area (Å²) in [5, 5.41) is 9.57. The number of anilines is 1. The van der Waals surface area contributed by atoms with E-state index in [0.29, 0.717) is 6.61 Å². The van der Waals surface area contributed by atoms with Crippen LogP contribution >= 0.6 is 0 Å². The van der Waals surface area contributed by atoms with Crippen LogP contribution in [0.15, 0.2) is 59.7 Å². The molecule has 178 valence electrons. The van der Waals surface area contributed by atoms with E-state index in [2.05, 4.69) is 88.0 Å². The van der Waals surface area contributed by atoms with Crippen LogP contribution < -0.4 is 9.75 Å². The van der Waals surface area contributed by atoms with Gasteiger partial charge in [-0.2, -0.15) is 10.2 Å². The highest BCUT2D eigenvalue weighted by atomic mass is 16.7. The summed E-state index contributed by atoms with van der Waals surface area (Å²) in [5.41, 5.74) is 3.08. The van der Waals surface area contributed by atoms with Gasteiger partial charge in [-0.3, -0.25) is 9.85 Å². The second-order valence-corrected chi connectivity index (χ2v) is 11.2. The molecule has 33 heavy (non-hydrogen) atoms. The molecular weight excluding hydrogens is 410 g/mol. The van der Waals surface area contributed by atoms with Crippen molar-refractivity contribution in [3.05, 3.63) is 60.2 Å². The Kier molecular flexibility index (Phi) is 6.32. The Hall–Kier alpha value is -2.37. The third-order valence-electron chi connectivity index (χ3n) is 7.37. The van der Waals surface area contributed by atoms with Gasteiger partial charge in [-0.15, -0.1) is 0 Å². The van der Waals surface area contributed by atoms with Crippen molar-refractivity contribution in [2.24, 2.45) is 10.5 Å². The molecule has 5 nitrogen and oxygen atoms in total. The van der Waals surface area contributed by atoms with E-state index in [1.54, 1.807) is 7.11 Å². The molecule has 0 amide bonds. The van der Waals surface area contributed by atoms with Crippen molar-refractivity contribution in [3.63, 3.8) is 0 Å². The summed E-state index contributed by atoms with van der Waals surface area (Å²) in [6.45, 7) is 14.3. The van der Waals surface area contributed by atoms with E-state index >= 15 is 0 Å². The van der Waals surface area contributed by atoms with Crippen LogP contribution in [0.5, 0.6) is 5.75 Å². The fraction of sp³-hybridized carbons (Fsp3) is 0.536. The minimum Gasteiger partial charge on any atom is -0.497 e. The van der Waals surface area contributed by atoms with E-state index in [1.165, 1.54) is 6.42 Å². The molecule has 2 heterocycles. The van der Waals surface area contributed by atoms with Gasteiger partial charge in [0.05, 0.1) is 31.2 Å². The largest absolute Gasteiger partial charge is 0.497 e. The molecular formula is C28H39N3O2. The lowest BCUT2D eigenvalue weighted by atomic mass is 9.78. The molecule has 2 aromatic carbocycles. The van der Waals surface area contributed by atoms with Gasteiger partial charge in [0, 0.05) is 16.5 Å². The second-order valence-electron chi connectivity index (χ2n) is 11.2. The molecule has 0 aromatic heterocycles. The SMILES string of the molecule is COc1ccc(N2N=C(c3ccccc3)C(C)(C)C2CON2C(C)(C)CCCC2(C)C)cc1. The number of ether oxygens (including phenoxy) is 1. The van der Waals surface area contributed by atoms with Crippen LogP contribution in [0, 0.1) is 5.41 Å². The summed E-state index contributed by atoms with van der Waals surface area (Å²) >= 11 is 0. The van der Waals surface area contributed by atoms with Gasteiger partial charge in [0.2, 0.25) is 0 Å². The van der Waals surface area contributed by atoms with Crippen LogP contribution in [0.1, 0.15) is 66.4 Å². The maximum Gasteiger partial charge on any atom is 0.119 e. The third-order valence-corrected chi connectivity index (χ3v) is 7.37. The summed E-state index contributed by atoms with van der Waals surface area (Å²) in [6, 6.07) is 18.7. The number of hydroxylamine groups is 2. The molecule has 0 bridgehead atoms. The highest BCUT2D eigenvalue weighted by Gasteiger charge is 2.48. The fourth-order valence-corrected chi connectivity index (χ4v) is 5.52. The van der Waals surface area contributed by atoms with Crippen LogP contribution in [0.25, 0.3) is 0 Å². The topological polar surface area (TPSA) is 37.3 Å². The average Bonchev–Trinajstić information content (AvgIpc) is 3.03. The summed E-state index contributed by atoms with van der Waals surface area (Å²) < 4.78 is 5.38. The normalized spacial score (nSPS) is 23.9. The minimum absolute atomic E-state index is 0.00143. The van der Waals surface area contributed by atoms with Gasteiger partial charge in [-0.1, -0.05) is 44.2 Å². The zero-order valence-electron chi connectivity index (χ0n) is 21.3. The first-order valence-electron chi connectivity index (χ1n) is 12.1. The molecule has 5 heteroatoms. The predicted octanol–water partition coefficient (Wildman–Crippen LogP) is 6.29. The molecule has 2 aromatic rings. The molecule has 0 aliphatic carbocycles. The summed E-state index contributed by atoms with van der Waals surface area (Å²) in [7, 11) is 1.69. The summed E-state index contributed by atoms with van der Waals surface area (Å²) in [5.74, 6) is 0.842. The molecule has 0 radical (unpaired) electrons. The standard InChI is InChI=1S/C28H39N3O2/c1-26(2)18-11-19-27(3,4)31(26)33-20-24-28(5,6)25(21-12-9-8-10-13-21)29-30(24)22-14-16-23(32-7)17-15-22/h8-10,12-17,24H,11,18-20H2,1-7H3. The third kappa shape index (κ3) is 4.53. The van der Waals surface area contributed by atoms with Crippen LogP contribution in [-0.2, 0) is 4.84 Å². The smallest absolute Gasteiger partial charge is 0.119 e. The number of hydrogen-bond donors (Lipinski definition) is 0. The molecule has 1 atom stereocenters. The first-order chi connectivity index (χ1) is 15.6. The Bertz CT molecular complexity index is 964. The number of piperidine rings is 1. The van der Waals surface area contributed by atoms with Gasteiger partial charge < -0.3 is 4.74 Å². The van der Waals surface area contributed by atoms with E-state index in [4.69, 9.17) is 14.7 Å².